The largest absolute Gasteiger partial charge is 0.339 e. The van der Waals surface area contributed by atoms with Gasteiger partial charge < -0.3 is 4.90 Å². The Hall–Kier alpha value is -1.18. The maximum atomic E-state index is 13.2. The summed E-state index contributed by atoms with van der Waals surface area (Å²) >= 11 is 6.00. The fourth-order valence-electron chi connectivity index (χ4n) is 5.18. The van der Waals surface area contributed by atoms with Gasteiger partial charge in [-0.05, 0) is 56.6 Å². The Labute approximate surface area is 172 Å². The second-order valence-electron chi connectivity index (χ2n) is 8.26. The molecule has 0 N–H and O–H groups in total. The lowest BCUT2D eigenvalue weighted by atomic mass is 9.77. The van der Waals surface area contributed by atoms with Gasteiger partial charge in [-0.1, -0.05) is 24.4 Å². The van der Waals surface area contributed by atoms with Crippen LogP contribution in [0.3, 0.4) is 0 Å². The number of nitrogens with zero attached hydrogens (tertiary/aromatic N) is 3. The summed E-state index contributed by atoms with van der Waals surface area (Å²) in [7, 11) is -3.67. The molecule has 0 aromatic carbocycles. The average molecular weight is 426 g/mol. The van der Waals surface area contributed by atoms with Gasteiger partial charge in [0, 0.05) is 37.8 Å². The molecule has 154 valence electrons. The first kappa shape index (κ1) is 20.1. The molecule has 3 aliphatic rings. The summed E-state index contributed by atoms with van der Waals surface area (Å²) in [4.78, 5) is 19.3. The molecule has 3 fully saturated rings. The number of sulfonamides is 1. The molecule has 2 unspecified atom stereocenters. The summed E-state index contributed by atoms with van der Waals surface area (Å²) < 4.78 is 27.2. The lowest BCUT2D eigenvalue weighted by molar-refractivity contribution is -0.143. The molecule has 1 saturated carbocycles. The monoisotopic (exact) mass is 425 g/mol. The number of rotatable bonds is 3. The summed E-state index contributed by atoms with van der Waals surface area (Å²) in [5.74, 6) is 0.837. The third kappa shape index (κ3) is 3.81. The number of piperidine rings is 2. The smallest absolute Gasteiger partial charge is 0.246 e. The van der Waals surface area contributed by atoms with E-state index in [9.17, 15) is 13.2 Å². The number of fused-ring (bicyclic) bond motifs is 1. The van der Waals surface area contributed by atoms with Crippen LogP contribution in [0.5, 0.6) is 0 Å². The van der Waals surface area contributed by atoms with Crippen LogP contribution in [0.1, 0.15) is 51.4 Å². The minimum Gasteiger partial charge on any atom is -0.339 e. The van der Waals surface area contributed by atoms with E-state index in [0.717, 1.165) is 19.4 Å². The van der Waals surface area contributed by atoms with E-state index >= 15 is 0 Å². The summed E-state index contributed by atoms with van der Waals surface area (Å²) in [6, 6.07) is 3.47. The van der Waals surface area contributed by atoms with E-state index in [1.54, 1.807) is 6.07 Å². The van der Waals surface area contributed by atoms with Crippen molar-refractivity contribution >= 4 is 27.5 Å². The zero-order chi connectivity index (χ0) is 19.7. The topological polar surface area (TPSA) is 70.6 Å². The highest BCUT2D eigenvalue weighted by Gasteiger charge is 2.40. The van der Waals surface area contributed by atoms with Crippen LogP contribution in [0, 0.1) is 11.8 Å². The van der Waals surface area contributed by atoms with Crippen molar-refractivity contribution in [2.75, 3.05) is 19.6 Å². The van der Waals surface area contributed by atoms with Gasteiger partial charge in [-0.25, -0.2) is 13.4 Å². The van der Waals surface area contributed by atoms with Gasteiger partial charge >= 0.3 is 0 Å². The molecule has 2 atom stereocenters. The number of carbonyl (C=O) groups excluding carboxylic acids is 1. The first-order valence-corrected chi connectivity index (χ1v) is 12.2. The quantitative estimate of drug-likeness (QED) is 0.696. The maximum Gasteiger partial charge on any atom is 0.246 e. The highest BCUT2D eigenvalue weighted by molar-refractivity contribution is 7.89. The standard InChI is InChI=1S/C20H28ClN3O3S/c21-19-18(8-3-11-22-19)28(26,27)23-13-9-16(10-14-23)20(25)24-12-4-6-15-5-1-2-7-17(15)24/h3,8,11,15-17H,1-2,4-7,9-10,12-14H2. The molecule has 28 heavy (non-hydrogen) atoms. The summed E-state index contributed by atoms with van der Waals surface area (Å²) in [6.07, 6.45) is 9.84. The molecule has 2 aliphatic heterocycles. The van der Waals surface area contributed by atoms with Gasteiger partial charge in [-0.2, -0.15) is 4.31 Å². The molecule has 8 heteroatoms. The number of aromatic nitrogens is 1. The lowest BCUT2D eigenvalue weighted by Gasteiger charge is -2.46. The van der Waals surface area contributed by atoms with Crippen LogP contribution in [0.25, 0.3) is 0 Å². The van der Waals surface area contributed by atoms with E-state index in [2.05, 4.69) is 9.88 Å². The SMILES string of the molecule is O=C(C1CCN(S(=O)(=O)c2cccnc2Cl)CC1)N1CCCC2CCCCC21. The van der Waals surface area contributed by atoms with Crippen LogP contribution in [-0.2, 0) is 14.8 Å². The van der Waals surface area contributed by atoms with Gasteiger partial charge in [0.2, 0.25) is 15.9 Å². The molecule has 1 aromatic rings. The molecular formula is C20H28ClN3O3S. The molecule has 0 spiro atoms. The zero-order valence-corrected chi connectivity index (χ0v) is 17.7. The summed E-state index contributed by atoms with van der Waals surface area (Å²) in [6.45, 7) is 1.57. The van der Waals surface area contributed by atoms with E-state index in [4.69, 9.17) is 11.6 Å². The van der Waals surface area contributed by atoms with E-state index in [-0.39, 0.29) is 21.9 Å². The van der Waals surface area contributed by atoms with E-state index in [0.29, 0.717) is 37.9 Å². The van der Waals surface area contributed by atoms with Crippen molar-refractivity contribution in [3.63, 3.8) is 0 Å². The number of hydrogen-bond acceptors (Lipinski definition) is 4. The first-order valence-electron chi connectivity index (χ1n) is 10.4. The number of likely N-dealkylation sites (tertiary alicyclic amines) is 1. The van der Waals surface area contributed by atoms with Crippen LogP contribution >= 0.6 is 11.6 Å². The van der Waals surface area contributed by atoms with Crippen molar-refractivity contribution in [3.05, 3.63) is 23.5 Å². The van der Waals surface area contributed by atoms with E-state index in [1.165, 1.54) is 42.3 Å². The van der Waals surface area contributed by atoms with E-state index < -0.39 is 10.0 Å². The van der Waals surface area contributed by atoms with Crippen LogP contribution in [0.2, 0.25) is 5.15 Å². The Morgan fingerprint density at radius 1 is 1.04 bits per heavy atom. The van der Waals surface area contributed by atoms with Gasteiger partial charge in [-0.15, -0.1) is 0 Å². The molecule has 1 aromatic heterocycles. The Balaban J connectivity index is 1.41. The molecular weight excluding hydrogens is 398 g/mol. The molecule has 1 amide bonds. The normalized spacial score (nSPS) is 27.4. The van der Waals surface area contributed by atoms with Gasteiger partial charge in [0.15, 0.2) is 0 Å². The maximum absolute atomic E-state index is 13.2. The number of hydrogen-bond donors (Lipinski definition) is 0. The van der Waals surface area contributed by atoms with Crippen LogP contribution in [0.4, 0.5) is 0 Å². The lowest BCUT2D eigenvalue weighted by Crippen LogP contribution is -2.53. The number of carbonyl (C=O) groups is 1. The third-order valence-corrected chi connectivity index (χ3v) is 9.02. The molecule has 1 aliphatic carbocycles. The van der Waals surface area contributed by atoms with Gasteiger partial charge in [0.05, 0.1) is 0 Å². The molecule has 0 radical (unpaired) electrons. The molecule has 6 nitrogen and oxygen atoms in total. The fraction of sp³-hybridized carbons (Fsp3) is 0.700. The van der Waals surface area contributed by atoms with Crippen molar-refractivity contribution in [2.45, 2.75) is 62.3 Å². The van der Waals surface area contributed by atoms with Gasteiger partial charge in [0.25, 0.3) is 0 Å². The van der Waals surface area contributed by atoms with Crippen molar-refractivity contribution in [1.29, 1.82) is 0 Å². The Morgan fingerprint density at radius 3 is 2.50 bits per heavy atom. The van der Waals surface area contributed by atoms with Gasteiger partial charge in [-0.3, -0.25) is 4.79 Å². The third-order valence-electron chi connectivity index (χ3n) is 6.67. The van der Waals surface area contributed by atoms with Gasteiger partial charge in [0.1, 0.15) is 10.0 Å². The number of pyridine rings is 1. The first-order chi connectivity index (χ1) is 13.5. The fourth-order valence-corrected chi connectivity index (χ4v) is 7.08. The van der Waals surface area contributed by atoms with Crippen LogP contribution in [0.15, 0.2) is 23.2 Å². The predicted octanol–water partition coefficient (Wildman–Crippen LogP) is 3.32. The van der Waals surface area contributed by atoms with Crippen LogP contribution < -0.4 is 0 Å². The molecule has 2 saturated heterocycles. The van der Waals surface area contributed by atoms with Crippen LogP contribution in [-0.4, -0.2) is 54.2 Å². The summed E-state index contributed by atoms with van der Waals surface area (Å²) in [5.41, 5.74) is 0. The minimum absolute atomic E-state index is 0.00245. The van der Waals surface area contributed by atoms with Crippen molar-refractivity contribution in [1.82, 2.24) is 14.2 Å². The number of amides is 1. The second-order valence-corrected chi connectivity index (χ2v) is 10.5. The molecule has 4 rings (SSSR count). The second kappa shape index (κ2) is 8.28. The van der Waals surface area contributed by atoms with Crippen molar-refractivity contribution in [2.24, 2.45) is 11.8 Å². The van der Waals surface area contributed by atoms with E-state index in [1.807, 2.05) is 0 Å². The average Bonchev–Trinajstić information content (AvgIpc) is 2.73. The molecule has 0 bridgehead atoms. The minimum atomic E-state index is -3.67. The Kier molecular flexibility index (Phi) is 5.95. The summed E-state index contributed by atoms with van der Waals surface area (Å²) in [5, 5.41) is -0.00245. The Morgan fingerprint density at radius 2 is 1.75 bits per heavy atom. The highest BCUT2D eigenvalue weighted by atomic mass is 35.5. The highest BCUT2D eigenvalue weighted by Crippen LogP contribution is 2.37. The predicted molar refractivity (Wildman–Crippen MR) is 107 cm³/mol. The number of halogens is 1. The van der Waals surface area contributed by atoms with Crippen molar-refractivity contribution in [3.8, 4) is 0 Å². The van der Waals surface area contributed by atoms with Crippen molar-refractivity contribution < 1.29 is 13.2 Å². The Bertz CT molecular complexity index is 822. The molecule has 3 heterocycles. The zero-order valence-electron chi connectivity index (χ0n) is 16.1.